The first-order valence-electron chi connectivity index (χ1n) is 12.6. The van der Waals surface area contributed by atoms with Crippen LogP contribution < -0.4 is 0 Å². The highest BCUT2D eigenvalue weighted by Crippen LogP contribution is 2.40. The van der Waals surface area contributed by atoms with E-state index in [0.717, 1.165) is 19.4 Å². The summed E-state index contributed by atoms with van der Waals surface area (Å²) in [6, 6.07) is 17.6. The van der Waals surface area contributed by atoms with E-state index >= 15 is 0 Å². The van der Waals surface area contributed by atoms with E-state index in [0.29, 0.717) is 36.8 Å². The molecule has 0 unspecified atom stereocenters. The van der Waals surface area contributed by atoms with Gasteiger partial charge in [-0.25, -0.2) is 0 Å². The second-order valence-electron chi connectivity index (χ2n) is 9.70. The van der Waals surface area contributed by atoms with Gasteiger partial charge in [0, 0.05) is 48.2 Å². The van der Waals surface area contributed by atoms with Crippen LogP contribution in [0.5, 0.6) is 0 Å². The molecule has 5 nitrogen and oxygen atoms in total. The van der Waals surface area contributed by atoms with E-state index in [9.17, 15) is 9.59 Å². The van der Waals surface area contributed by atoms with Crippen molar-refractivity contribution in [2.24, 2.45) is 0 Å². The molecule has 1 aromatic heterocycles. The Labute approximate surface area is 222 Å². The van der Waals surface area contributed by atoms with Crippen molar-refractivity contribution in [3.05, 3.63) is 92.1 Å². The van der Waals surface area contributed by atoms with Gasteiger partial charge in [0.25, 0.3) is 5.91 Å². The molecule has 2 amide bonds. The second-order valence-corrected chi connectivity index (χ2v) is 11.1. The van der Waals surface area contributed by atoms with Crippen molar-refractivity contribution in [2.75, 3.05) is 32.7 Å². The van der Waals surface area contributed by atoms with Gasteiger partial charge in [0.15, 0.2) is 0 Å². The summed E-state index contributed by atoms with van der Waals surface area (Å²) in [5.41, 5.74) is 4.48. The largest absolute Gasteiger partial charge is 0.340 e. The Bertz CT molecular complexity index is 1240. The van der Waals surface area contributed by atoms with Crippen molar-refractivity contribution in [3.63, 3.8) is 0 Å². The predicted molar refractivity (Wildman–Crippen MR) is 146 cm³/mol. The van der Waals surface area contributed by atoms with Crippen LogP contribution in [0.4, 0.5) is 0 Å². The summed E-state index contributed by atoms with van der Waals surface area (Å²) in [6.07, 6.45) is 1.74. The third kappa shape index (κ3) is 4.95. The fourth-order valence-electron chi connectivity index (χ4n) is 5.51. The van der Waals surface area contributed by atoms with Gasteiger partial charge in [-0.15, -0.1) is 11.3 Å². The monoisotopic (exact) mass is 521 g/mol. The third-order valence-electron chi connectivity index (χ3n) is 7.53. The van der Waals surface area contributed by atoms with E-state index < -0.39 is 0 Å². The Kier molecular flexibility index (Phi) is 7.47. The molecule has 2 aliphatic heterocycles. The molecule has 0 spiro atoms. The number of hydrogen-bond donors (Lipinski definition) is 0. The zero-order chi connectivity index (χ0) is 25.2. The molecule has 0 aliphatic carbocycles. The Hall–Kier alpha value is -2.67. The molecule has 188 valence electrons. The van der Waals surface area contributed by atoms with E-state index in [2.05, 4.69) is 47.5 Å². The highest BCUT2D eigenvalue weighted by atomic mass is 35.5. The lowest BCUT2D eigenvalue weighted by Crippen LogP contribution is -2.51. The van der Waals surface area contributed by atoms with Crippen LogP contribution in [0.15, 0.2) is 60.0 Å². The van der Waals surface area contributed by atoms with Gasteiger partial charge in [0.05, 0.1) is 12.1 Å². The van der Waals surface area contributed by atoms with Crippen molar-refractivity contribution in [2.45, 2.75) is 38.8 Å². The second kappa shape index (κ2) is 10.8. The standard InChI is InChI=1S/C29H32ClN3O2S/c1-20-6-3-4-7-24(20)27-25-13-19-36-26(25)12-16-33(27)21(2)28(34)31-14-5-15-32(18-17-31)29(35)22-8-10-23(30)11-9-22/h3-4,6-11,13,19,21,27H,5,12,14-18H2,1-2H3/t21-,27-/m0/s1. The Balaban J connectivity index is 1.32. The summed E-state index contributed by atoms with van der Waals surface area (Å²) in [5, 5.41) is 2.79. The van der Waals surface area contributed by atoms with E-state index in [4.69, 9.17) is 11.6 Å². The molecule has 7 heteroatoms. The van der Waals surface area contributed by atoms with Crippen LogP contribution in [-0.4, -0.2) is 65.3 Å². The zero-order valence-corrected chi connectivity index (χ0v) is 22.4. The van der Waals surface area contributed by atoms with Gasteiger partial charge in [-0.3, -0.25) is 14.5 Å². The number of aryl methyl sites for hydroxylation is 1. The Morgan fingerprint density at radius 2 is 1.64 bits per heavy atom. The average molecular weight is 522 g/mol. The van der Waals surface area contributed by atoms with E-state index in [1.54, 1.807) is 24.3 Å². The summed E-state index contributed by atoms with van der Waals surface area (Å²) < 4.78 is 0. The molecule has 0 saturated carbocycles. The Morgan fingerprint density at radius 3 is 2.42 bits per heavy atom. The summed E-state index contributed by atoms with van der Waals surface area (Å²) in [6.45, 7) is 7.46. The minimum atomic E-state index is -0.249. The minimum absolute atomic E-state index is 0.00495. The fourth-order valence-corrected chi connectivity index (χ4v) is 6.54. The van der Waals surface area contributed by atoms with Crippen molar-refractivity contribution >= 4 is 34.8 Å². The molecule has 36 heavy (non-hydrogen) atoms. The maximum atomic E-state index is 13.8. The maximum Gasteiger partial charge on any atom is 0.253 e. The number of nitrogens with zero attached hydrogens (tertiary/aromatic N) is 3. The lowest BCUT2D eigenvalue weighted by atomic mass is 9.89. The number of benzene rings is 2. The van der Waals surface area contributed by atoms with Gasteiger partial charge in [0.1, 0.15) is 0 Å². The van der Waals surface area contributed by atoms with Crippen LogP contribution in [0.1, 0.15) is 51.3 Å². The molecule has 2 aromatic carbocycles. The zero-order valence-electron chi connectivity index (χ0n) is 20.8. The number of carbonyl (C=O) groups excluding carboxylic acids is 2. The van der Waals surface area contributed by atoms with Crippen LogP contribution in [0.2, 0.25) is 5.02 Å². The van der Waals surface area contributed by atoms with E-state index in [1.165, 1.54) is 21.6 Å². The highest BCUT2D eigenvalue weighted by molar-refractivity contribution is 7.10. The summed E-state index contributed by atoms with van der Waals surface area (Å²) in [5.74, 6) is 0.141. The highest BCUT2D eigenvalue weighted by Gasteiger charge is 2.37. The summed E-state index contributed by atoms with van der Waals surface area (Å²) in [4.78, 5) is 34.4. The smallest absolute Gasteiger partial charge is 0.253 e. The molecule has 3 aromatic rings. The molecule has 0 bridgehead atoms. The molecule has 2 aliphatic rings. The first kappa shape index (κ1) is 25.0. The van der Waals surface area contributed by atoms with Crippen molar-refractivity contribution in [3.8, 4) is 0 Å². The molecular formula is C29H32ClN3O2S. The van der Waals surface area contributed by atoms with Gasteiger partial charge >= 0.3 is 0 Å². The number of thiophene rings is 1. The van der Waals surface area contributed by atoms with Crippen LogP contribution in [-0.2, 0) is 11.2 Å². The lowest BCUT2D eigenvalue weighted by Gasteiger charge is -2.41. The molecule has 3 heterocycles. The van der Waals surface area contributed by atoms with Gasteiger partial charge in [-0.2, -0.15) is 0 Å². The molecule has 1 fully saturated rings. The molecule has 1 saturated heterocycles. The van der Waals surface area contributed by atoms with Crippen molar-refractivity contribution in [1.82, 2.24) is 14.7 Å². The SMILES string of the molecule is Cc1ccccc1[C@H]1c2ccsc2CCN1[C@@H](C)C(=O)N1CCCN(C(=O)c2ccc(Cl)cc2)CC1. The fraction of sp³-hybridized carbons (Fsp3) is 0.379. The topological polar surface area (TPSA) is 43.9 Å². The normalized spacial score (nSPS) is 19.5. The number of amides is 2. The van der Waals surface area contributed by atoms with Gasteiger partial charge in [-0.05, 0) is 79.1 Å². The first-order valence-corrected chi connectivity index (χ1v) is 13.9. The minimum Gasteiger partial charge on any atom is -0.340 e. The van der Waals surface area contributed by atoms with Gasteiger partial charge in [0.2, 0.25) is 5.91 Å². The predicted octanol–water partition coefficient (Wildman–Crippen LogP) is 5.42. The number of halogens is 1. The number of fused-ring (bicyclic) bond motifs is 1. The lowest BCUT2D eigenvalue weighted by molar-refractivity contribution is -0.137. The number of carbonyl (C=O) groups is 2. The molecule has 0 N–H and O–H groups in total. The van der Waals surface area contributed by atoms with Crippen LogP contribution in [0.25, 0.3) is 0 Å². The maximum absolute atomic E-state index is 13.8. The van der Waals surface area contributed by atoms with Crippen molar-refractivity contribution < 1.29 is 9.59 Å². The van der Waals surface area contributed by atoms with Crippen LogP contribution in [0.3, 0.4) is 0 Å². The quantitative estimate of drug-likeness (QED) is 0.460. The summed E-state index contributed by atoms with van der Waals surface area (Å²) in [7, 11) is 0. The molecule has 0 radical (unpaired) electrons. The van der Waals surface area contributed by atoms with Gasteiger partial charge in [-0.1, -0.05) is 35.9 Å². The molecule has 2 atom stereocenters. The van der Waals surface area contributed by atoms with Crippen LogP contribution >= 0.6 is 22.9 Å². The first-order chi connectivity index (χ1) is 17.4. The van der Waals surface area contributed by atoms with E-state index in [1.807, 2.05) is 28.1 Å². The van der Waals surface area contributed by atoms with Gasteiger partial charge < -0.3 is 9.80 Å². The Morgan fingerprint density at radius 1 is 0.917 bits per heavy atom. The van der Waals surface area contributed by atoms with E-state index in [-0.39, 0.29) is 23.9 Å². The molecular weight excluding hydrogens is 490 g/mol. The number of rotatable bonds is 4. The number of hydrogen-bond acceptors (Lipinski definition) is 4. The summed E-state index contributed by atoms with van der Waals surface area (Å²) >= 11 is 7.80. The van der Waals surface area contributed by atoms with Crippen molar-refractivity contribution in [1.29, 1.82) is 0 Å². The van der Waals surface area contributed by atoms with Crippen LogP contribution in [0, 0.1) is 6.92 Å². The average Bonchev–Trinajstić information content (AvgIpc) is 3.24. The third-order valence-corrected chi connectivity index (χ3v) is 8.78. The molecule has 5 rings (SSSR count).